The van der Waals surface area contributed by atoms with E-state index in [-0.39, 0.29) is 32.8 Å². The molecule has 10 nitrogen and oxygen atoms in total. The predicted molar refractivity (Wildman–Crippen MR) is 196 cm³/mol. The molecule has 0 aliphatic carbocycles. The van der Waals surface area contributed by atoms with Crippen LogP contribution in [0.3, 0.4) is 0 Å². The van der Waals surface area contributed by atoms with Crippen molar-refractivity contribution in [2.75, 3.05) is 33.5 Å². The minimum absolute atomic E-state index is 0.0245. The Kier molecular flexibility index (Phi) is 11.7. The van der Waals surface area contributed by atoms with E-state index in [1.807, 2.05) is 73.8 Å². The van der Waals surface area contributed by atoms with Gasteiger partial charge in [0.05, 0.1) is 26.4 Å². The Bertz CT molecular complexity index is 1990. The van der Waals surface area contributed by atoms with Crippen LogP contribution in [0.5, 0.6) is 0 Å². The Hall–Kier alpha value is -5.48. The maximum Gasteiger partial charge on any atom is 0.512 e. The molecular formula is C42H46N3O7+. The summed E-state index contributed by atoms with van der Waals surface area (Å²) in [6, 6.07) is 29.2. The molecule has 0 amide bonds. The van der Waals surface area contributed by atoms with Gasteiger partial charge in [-0.1, -0.05) is 78.4 Å². The maximum absolute atomic E-state index is 12.9. The maximum atomic E-state index is 12.9. The second-order valence-electron chi connectivity index (χ2n) is 13.9. The number of carbonyl (C=O) groups is 3. The number of hydrogen-bond donors (Lipinski definition) is 0. The van der Waals surface area contributed by atoms with Gasteiger partial charge in [0.2, 0.25) is 6.73 Å². The van der Waals surface area contributed by atoms with Crippen molar-refractivity contribution in [2.45, 2.75) is 58.7 Å². The molecule has 1 aliphatic rings. The topological polar surface area (TPSA) is 106 Å². The van der Waals surface area contributed by atoms with Crippen LogP contribution >= 0.6 is 0 Å². The zero-order chi connectivity index (χ0) is 36.5. The SMILES string of the molecule is Cc1ccc2c(c1)c1c(n2CCc2ccc(C)nc2)CC[N+](C)(COC(=O)OCC(COC(=O)Cc2ccccc2)OC(=O)Cc2ccccc2)C1. The van der Waals surface area contributed by atoms with Crippen LogP contribution in [-0.4, -0.2) is 71.8 Å². The summed E-state index contributed by atoms with van der Waals surface area (Å²) in [5.74, 6) is -1.01. The fraction of sp³-hybridized carbons (Fsp3) is 0.333. The van der Waals surface area contributed by atoms with E-state index in [2.05, 4.69) is 53.9 Å². The lowest BCUT2D eigenvalue weighted by atomic mass is 10.0. The van der Waals surface area contributed by atoms with Crippen LogP contribution in [0.15, 0.2) is 97.2 Å². The van der Waals surface area contributed by atoms with Crippen LogP contribution in [0.1, 0.15) is 39.2 Å². The van der Waals surface area contributed by atoms with Crippen molar-refractivity contribution in [3.63, 3.8) is 0 Å². The number of hydrogen-bond acceptors (Lipinski definition) is 8. The molecule has 5 aromatic rings. The van der Waals surface area contributed by atoms with Crippen molar-refractivity contribution in [2.24, 2.45) is 0 Å². The predicted octanol–water partition coefficient (Wildman–Crippen LogP) is 6.45. The van der Waals surface area contributed by atoms with E-state index in [0.717, 1.165) is 42.8 Å². The quantitative estimate of drug-likeness (QED) is 0.0738. The summed E-state index contributed by atoms with van der Waals surface area (Å²) in [5.41, 5.74) is 8.78. The molecule has 0 N–H and O–H groups in total. The van der Waals surface area contributed by atoms with Crippen LogP contribution in [0.25, 0.3) is 10.9 Å². The average Bonchev–Trinajstić information content (AvgIpc) is 3.43. The number of nitrogens with zero attached hydrogens (tertiary/aromatic N) is 3. The lowest BCUT2D eigenvalue weighted by molar-refractivity contribution is -0.940. The molecule has 3 aromatic carbocycles. The van der Waals surface area contributed by atoms with Gasteiger partial charge in [0.15, 0.2) is 6.10 Å². The molecule has 2 unspecified atom stereocenters. The number of benzene rings is 3. The van der Waals surface area contributed by atoms with Crippen LogP contribution in [0.2, 0.25) is 0 Å². The van der Waals surface area contributed by atoms with Gasteiger partial charge in [-0.2, -0.15) is 0 Å². The van der Waals surface area contributed by atoms with Crippen LogP contribution in [0.4, 0.5) is 4.79 Å². The highest BCUT2D eigenvalue weighted by Crippen LogP contribution is 2.34. The zero-order valence-electron chi connectivity index (χ0n) is 30.1. The van der Waals surface area contributed by atoms with Crippen LogP contribution in [-0.2, 0) is 67.3 Å². The van der Waals surface area contributed by atoms with Gasteiger partial charge in [-0.05, 0) is 55.2 Å². The minimum Gasteiger partial charge on any atom is -0.461 e. The molecule has 0 bridgehead atoms. The first-order chi connectivity index (χ1) is 25.1. The lowest BCUT2D eigenvalue weighted by Gasteiger charge is -2.37. The fourth-order valence-electron chi connectivity index (χ4n) is 6.66. The van der Waals surface area contributed by atoms with E-state index in [1.54, 1.807) is 0 Å². The molecule has 0 saturated heterocycles. The molecule has 6 rings (SSSR count). The summed E-state index contributed by atoms with van der Waals surface area (Å²) in [6.07, 6.45) is 1.87. The summed E-state index contributed by atoms with van der Waals surface area (Å²) in [6.45, 7) is 5.94. The number of pyridine rings is 1. The van der Waals surface area contributed by atoms with Gasteiger partial charge in [0, 0.05) is 47.0 Å². The third kappa shape index (κ3) is 9.64. The second kappa shape index (κ2) is 16.7. The zero-order valence-corrected chi connectivity index (χ0v) is 30.1. The highest BCUT2D eigenvalue weighted by molar-refractivity contribution is 5.86. The number of likely N-dealkylation sites (N-methyl/N-ethyl adjacent to an activating group) is 1. The first kappa shape index (κ1) is 36.3. The summed E-state index contributed by atoms with van der Waals surface area (Å²) >= 11 is 0. The molecular weight excluding hydrogens is 658 g/mol. The molecule has 2 aromatic heterocycles. The number of aromatic nitrogens is 2. The van der Waals surface area contributed by atoms with Gasteiger partial charge >= 0.3 is 18.1 Å². The standard InChI is InChI=1S/C42H46N3O7/c1-30-14-17-38-36(22-30)37-26-45(3,21-19-39(37)44(38)20-18-34-16-15-31(2)43-25-34)29-51-42(48)50-28-35(52-41(47)24-33-12-8-5-9-13-33)27-49-40(46)23-32-10-6-4-7-11-32/h4-17,22,25,35H,18-21,23-24,26-29H2,1-3H3/q+1. The Morgan fingerprint density at radius 3 is 2.19 bits per heavy atom. The number of rotatable bonds is 14. The van der Waals surface area contributed by atoms with Gasteiger partial charge in [-0.25, -0.2) is 4.79 Å². The molecule has 10 heteroatoms. The minimum atomic E-state index is -1.00. The second-order valence-corrected chi connectivity index (χ2v) is 13.9. The summed E-state index contributed by atoms with van der Waals surface area (Å²) < 4.78 is 25.1. The molecule has 0 radical (unpaired) electrons. The monoisotopic (exact) mass is 704 g/mol. The number of fused-ring (bicyclic) bond motifs is 3. The Morgan fingerprint density at radius 1 is 0.808 bits per heavy atom. The third-order valence-electron chi connectivity index (χ3n) is 9.46. The molecule has 0 fully saturated rings. The summed E-state index contributed by atoms with van der Waals surface area (Å²) in [4.78, 5) is 42.7. The molecule has 0 spiro atoms. The number of ether oxygens (including phenoxy) is 4. The van der Waals surface area contributed by atoms with Crippen molar-refractivity contribution < 1.29 is 37.8 Å². The van der Waals surface area contributed by atoms with E-state index in [1.165, 1.54) is 33.3 Å². The molecule has 2 atom stereocenters. The molecule has 3 heterocycles. The van der Waals surface area contributed by atoms with Crippen LogP contribution < -0.4 is 0 Å². The molecule has 52 heavy (non-hydrogen) atoms. The molecule has 270 valence electrons. The van der Waals surface area contributed by atoms with Crippen molar-refractivity contribution in [1.29, 1.82) is 0 Å². The van der Waals surface area contributed by atoms with Gasteiger partial charge in [0.25, 0.3) is 0 Å². The first-order valence-electron chi connectivity index (χ1n) is 17.7. The van der Waals surface area contributed by atoms with Crippen molar-refractivity contribution >= 4 is 29.0 Å². The number of aryl methyl sites for hydroxylation is 4. The van der Waals surface area contributed by atoms with E-state index in [9.17, 15) is 14.4 Å². The van der Waals surface area contributed by atoms with E-state index >= 15 is 0 Å². The third-order valence-corrected chi connectivity index (χ3v) is 9.46. The Labute approximate surface area is 304 Å². The number of quaternary nitrogens is 1. The number of esters is 2. The smallest absolute Gasteiger partial charge is 0.461 e. The van der Waals surface area contributed by atoms with E-state index in [4.69, 9.17) is 18.9 Å². The van der Waals surface area contributed by atoms with Crippen molar-refractivity contribution in [1.82, 2.24) is 9.55 Å². The van der Waals surface area contributed by atoms with Crippen LogP contribution in [0, 0.1) is 13.8 Å². The largest absolute Gasteiger partial charge is 0.512 e. The summed E-state index contributed by atoms with van der Waals surface area (Å²) in [7, 11) is 2.08. The molecule has 1 aliphatic heterocycles. The molecule has 0 saturated carbocycles. The van der Waals surface area contributed by atoms with Gasteiger partial charge in [-0.15, -0.1) is 0 Å². The first-order valence-corrected chi connectivity index (χ1v) is 17.7. The lowest BCUT2D eigenvalue weighted by Crippen LogP contribution is -2.49. The fourth-order valence-corrected chi connectivity index (χ4v) is 6.66. The summed E-state index contributed by atoms with van der Waals surface area (Å²) in [5, 5.41) is 1.23. The Morgan fingerprint density at radius 2 is 1.50 bits per heavy atom. The van der Waals surface area contributed by atoms with Gasteiger partial charge in [-0.3, -0.25) is 19.1 Å². The number of carbonyl (C=O) groups excluding carboxylic acids is 3. The van der Waals surface area contributed by atoms with E-state index in [0.29, 0.717) is 11.0 Å². The van der Waals surface area contributed by atoms with Crippen molar-refractivity contribution in [3.8, 4) is 0 Å². The highest BCUT2D eigenvalue weighted by atomic mass is 16.7. The van der Waals surface area contributed by atoms with Crippen molar-refractivity contribution in [3.05, 3.63) is 136 Å². The van der Waals surface area contributed by atoms with E-state index < -0.39 is 24.2 Å². The normalized spacial score (nSPS) is 15.8. The van der Waals surface area contributed by atoms with Gasteiger partial charge < -0.3 is 23.5 Å². The van der Waals surface area contributed by atoms with Gasteiger partial charge in [0.1, 0.15) is 19.8 Å². The Balaban J connectivity index is 1.06. The highest BCUT2D eigenvalue weighted by Gasteiger charge is 2.34. The average molecular weight is 705 g/mol.